The molecule has 3 aromatic carbocycles. The number of benzene rings is 3. The molecule has 1 heterocycles. The first-order valence-electron chi connectivity index (χ1n) is 7.45. The van der Waals surface area contributed by atoms with Gasteiger partial charge in [0.05, 0.1) is 11.2 Å². The summed E-state index contributed by atoms with van der Waals surface area (Å²) in [6.45, 7) is 0. The average Bonchev–Trinajstić information content (AvgIpc) is 3.00. The van der Waals surface area contributed by atoms with Gasteiger partial charge >= 0.3 is 0 Å². The summed E-state index contributed by atoms with van der Waals surface area (Å²) in [7, 11) is 0. The van der Waals surface area contributed by atoms with Crippen LogP contribution in [0.5, 0.6) is 0 Å². The van der Waals surface area contributed by atoms with Crippen LogP contribution in [0.2, 0.25) is 0 Å². The number of nitrogens with one attached hydrogen (secondary N) is 1. The molecule has 0 amide bonds. The molecule has 0 unspecified atom stereocenters. The van der Waals surface area contributed by atoms with Crippen LogP contribution in [0.3, 0.4) is 0 Å². The Labute approximate surface area is 138 Å². The summed E-state index contributed by atoms with van der Waals surface area (Å²) in [5.74, 6) is 0. The molecule has 112 valence electrons. The monoisotopic (exact) mass is 317 g/mol. The summed E-state index contributed by atoms with van der Waals surface area (Å²) in [4.78, 5) is 16.4. The fourth-order valence-electron chi connectivity index (χ4n) is 3.07. The summed E-state index contributed by atoms with van der Waals surface area (Å²) in [5.41, 5.74) is 3.67. The van der Waals surface area contributed by atoms with E-state index in [2.05, 4.69) is 53.7 Å². The molecule has 0 aliphatic rings. The molecule has 3 heteroatoms. The van der Waals surface area contributed by atoms with Gasteiger partial charge in [-0.2, -0.15) is 0 Å². The van der Waals surface area contributed by atoms with Gasteiger partial charge < -0.3 is 4.98 Å². The van der Waals surface area contributed by atoms with Crippen molar-refractivity contribution in [3.63, 3.8) is 0 Å². The van der Waals surface area contributed by atoms with E-state index in [0.717, 1.165) is 39.4 Å². The number of aromatic nitrogens is 1. The summed E-state index contributed by atoms with van der Waals surface area (Å²) in [6.07, 6.45) is 3.01. The van der Waals surface area contributed by atoms with Crippen LogP contribution in [0, 0.1) is 0 Å². The van der Waals surface area contributed by atoms with Crippen molar-refractivity contribution in [2.45, 2.75) is 4.90 Å². The van der Waals surface area contributed by atoms with Crippen LogP contribution in [0.15, 0.2) is 65.6 Å². The lowest BCUT2D eigenvalue weighted by molar-refractivity contribution is 0.112. The largest absolute Gasteiger partial charge is 0.353 e. The molecule has 2 nitrogen and oxygen atoms in total. The topological polar surface area (TPSA) is 32.9 Å². The number of thioether (sulfide) groups is 1. The van der Waals surface area contributed by atoms with Crippen LogP contribution in [0.1, 0.15) is 10.4 Å². The van der Waals surface area contributed by atoms with Gasteiger partial charge in [0.1, 0.15) is 0 Å². The predicted molar refractivity (Wildman–Crippen MR) is 98.4 cm³/mol. The van der Waals surface area contributed by atoms with Gasteiger partial charge in [0.25, 0.3) is 0 Å². The van der Waals surface area contributed by atoms with E-state index in [1.54, 1.807) is 11.8 Å². The molecule has 0 aliphatic heterocycles. The maximum atomic E-state index is 11.7. The predicted octanol–water partition coefficient (Wildman–Crippen LogP) is 5.52. The lowest BCUT2D eigenvalue weighted by Crippen LogP contribution is -1.84. The Morgan fingerprint density at radius 2 is 1.70 bits per heavy atom. The highest BCUT2D eigenvalue weighted by molar-refractivity contribution is 7.98. The molecule has 0 bridgehead atoms. The van der Waals surface area contributed by atoms with Crippen molar-refractivity contribution in [1.82, 2.24) is 4.98 Å². The lowest BCUT2D eigenvalue weighted by atomic mass is 10.0. The highest BCUT2D eigenvalue weighted by Gasteiger charge is 2.14. The van der Waals surface area contributed by atoms with Crippen molar-refractivity contribution in [3.8, 4) is 11.3 Å². The first kappa shape index (κ1) is 14.1. The summed E-state index contributed by atoms with van der Waals surface area (Å²) in [6, 6.07) is 20.6. The van der Waals surface area contributed by atoms with Crippen LogP contribution in [-0.4, -0.2) is 17.5 Å². The van der Waals surface area contributed by atoms with E-state index in [-0.39, 0.29) is 0 Å². The van der Waals surface area contributed by atoms with Gasteiger partial charge in [-0.1, -0.05) is 48.5 Å². The Morgan fingerprint density at radius 1 is 0.913 bits per heavy atom. The number of rotatable bonds is 3. The fourth-order valence-corrected chi connectivity index (χ4v) is 3.47. The van der Waals surface area contributed by atoms with Gasteiger partial charge in [-0.05, 0) is 29.3 Å². The molecule has 0 saturated heterocycles. The zero-order valence-electron chi connectivity index (χ0n) is 12.7. The molecular weight excluding hydrogens is 302 g/mol. The molecule has 0 atom stereocenters. The van der Waals surface area contributed by atoms with Crippen molar-refractivity contribution >= 4 is 39.7 Å². The fraction of sp³-hybridized carbons (Fsp3) is 0.0500. The maximum Gasteiger partial charge on any atom is 0.152 e. The van der Waals surface area contributed by atoms with E-state index in [4.69, 9.17) is 0 Å². The van der Waals surface area contributed by atoms with Crippen molar-refractivity contribution < 1.29 is 4.79 Å². The molecule has 0 saturated carbocycles. The van der Waals surface area contributed by atoms with Gasteiger partial charge in [0.15, 0.2) is 6.29 Å². The first-order chi connectivity index (χ1) is 11.3. The van der Waals surface area contributed by atoms with Crippen LogP contribution in [0.4, 0.5) is 0 Å². The molecule has 4 aromatic rings. The van der Waals surface area contributed by atoms with Crippen LogP contribution >= 0.6 is 11.8 Å². The van der Waals surface area contributed by atoms with E-state index in [9.17, 15) is 4.79 Å². The number of aromatic amines is 1. The summed E-state index contributed by atoms with van der Waals surface area (Å²) < 4.78 is 0. The zero-order valence-corrected chi connectivity index (χ0v) is 13.5. The highest BCUT2D eigenvalue weighted by Crippen LogP contribution is 2.33. The van der Waals surface area contributed by atoms with E-state index in [1.807, 2.05) is 18.2 Å². The normalized spacial score (nSPS) is 11.2. The van der Waals surface area contributed by atoms with E-state index in [0.29, 0.717) is 0 Å². The Kier molecular flexibility index (Phi) is 3.43. The average molecular weight is 317 g/mol. The molecule has 1 N–H and O–H groups in total. The van der Waals surface area contributed by atoms with Crippen LogP contribution in [0.25, 0.3) is 32.9 Å². The third kappa shape index (κ3) is 2.25. The number of carbonyl (C=O) groups is 1. The Morgan fingerprint density at radius 3 is 2.43 bits per heavy atom. The van der Waals surface area contributed by atoms with Gasteiger partial charge in [-0.15, -0.1) is 11.8 Å². The van der Waals surface area contributed by atoms with Gasteiger partial charge in [0, 0.05) is 21.2 Å². The Hall–Kier alpha value is -2.52. The number of hydrogen-bond acceptors (Lipinski definition) is 2. The number of aldehydes is 1. The minimum Gasteiger partial charge on any atom is -0.353 e. The molecule has 0 fully saturated rings. The Balaban J connectivity index is 2.02. The minimum absolute atomic E-state index is 0.725. The lowest BCUT2D eigenvalue weighted by Gasteiger charge is -2.01. The standard InChI is InChI=1S/C20H15NOS/c1-23-15-9-6-14(7-10-15)19-18(12-22)17-11-8-13-4-2-3-5-16(13)20(17)21-19/h2-12,21H,1H3. The first-order valence-corrected chi connectivity index (χ1v) is 8.67. The minimum atomic E-state index is 0.725. The molecular formula is C20H15NOS. The van der Waals surface area contributed by atoms with Crippen LogP contribution < -0.4 is 0 Å². The van der Waals surface area contributed by atoms with Crippen LogP contribution in [-0.2, 0) is 0 Å². The van der Waals surface area contributed by atoms with Gasteiger partial charge in [-0.3, -0.25) is 4.79 Å². The molecule has 4 rings (SSSR count). The molecule has 23 heavy (non-hydrogen) atoms. The number of hydrogen-bond donors (Lipinski definition) is 1. The summed E-state index contributed by atoms with van der Waals surface area (Å²) in [5, 5.41) is 3.28. The van der Waals surface area contributed by atoms with Gasteiger partial charge in [-0.25, -0.2) is 0 Å². The number of fused-ring (bicyclic) bond motifs is 3. The third-order valence-corrected chi connectivity index (χ3v) is 4.98. The molecule has 0 aliphatic carbocycles. The zero-order chi connectivity index (χ0) is 15.8. The van der Waals surface area contributed by atoms with Crippen molar-refractivity contribution in [2.75, 3.05) is 6.26 Å². The second kappa shape index (κ2) is 5.60. The second-order valence-corrected chi connectivity index (χ2v) is 6.35. The quantitative estimate of drug-likeness (QED) is 0.398. The SMILES string of the molecule is CSc1ccc(-c2[nH]c3c(ccc4ccccc43)c2C=O)cc1. The number of carbonyl (C=O) groups excluding carboxylic acids is 1. The maximum absolute atomic E-state index is 11.7. The second-order valence-electron chi connectivity index (χ2n) is 5.47. The highest BCUT2D eigenvalue weighted by atomic mass is 32.2. The molecule has 0 spiro atoms. The summed E-state index contributed by atoms with van der Waals surface area (Å²) >= 11 is 1.71. The van der Waals surface area contributed by atoms with Gasteiger partial charge in [0.2, 0.25) is 0 Å². The number of H-pyrrole nitrogens is 1. The van der Waals surface area contributed by atoms with Crippen molar-refractivity contribution in [3.05, 3.63) is 66.2 Å². The third-order valence-electron chi connectivity index (χ3n) is 4.24. The molecule has 0 radical (unpaired) electrons. The van der Waals surface area contributed by atoms with Crippen molar-refractivity contribution in [2.24, 2.45) is 0 Å². The van der Waals surface area contributed by atoms with E-state index < -0.39 is 0 Å². The van der Waals surface area contributed by atoms with E-state index in [1.165, 1.54) is 10.3 Å². The smallest absolute Gasteiger partial charge is 0.152 e. The Bertz CT molecular complexity index is 1020. The van der Waals surface area contributed by atoms with E-state index >= 15 is 0 Å². The van der Waals surface area contributed by atoms with Crippen molar-refractivity contribution in [1.29, 1.82) is 0 Å². The molecule has 1 aromatic heterocycles.